The van der Waals surface area contributed by atoms with Crippen molar-refractivity contribution in [3.05, 3.63) is 30.3 Å². The van der Waals surface area contributed by atoms with E-state index in [0.717, 1.165) is 12.0 Å². The van der Waals surface area contributed by atoms with E-state index in [-0.39, 0.29) is 6.54 Å². The van der Waals surface area contributed by atoms with Crippen LogP contribution in [0.1, 0.15) is 0 Å². The van der Waals surface area contributed by atoms with Gasteiger partial charge >= 0.3 is 0 Å². The largest absolute Gasteiger partial charge is 0.332 e. The number of carbonyl (C=O) groups is 1. The van der Waals surface area contributed by atoms with Crippen LogP contribution in [0.3, 0.4) is 0 Å². The molecule has 1 aromatic rings. The Bertz CT molecular complexity index is 302. The lowest BCUT2D eigenvalue weighted by Gasteiger charge is -2.09. The zero-order valence-electron chi connectivity index (χ0n) is 7.49. The van der Waals surface area contributed by atoms with E-state index in [1.165, 1.54) is 0 Å². The molecule has 1 aromatic carbocycles. The van der Waals surface area contributed by atoms with Crippen molar-refractivity contribution in [3.8, 4) is 0 Å². The summed E-state index contributed by atoms with van der Waals surface area (Å²) in [6.07, 6.45) is 0.748. The van der Waals surface area contributed by atoms with Crippen LogP contribution in [-0.2, 0) is 4.79 Å². The molecule has 5 heteroatoms. The summed E-state index contributed by atoms with van der Waals surface area (Å²) in [4.78, 5) is 9.98. The molecule has 0 unspecified atom stereocenters. The Kier molecular flexibility index (Phi) is 4.60. The van der Waals surface area contributed by atoms with Crippen LogP contribution in [0.4, 0.5) is 5.69 Å². The molecule has 74 valence electrons. The smallest absolute Gasteiger partial charge is 0.185 e. The maximum absolute atomic E-state index is 9.98. The summed E-state index contributed by atoms with van der Waals surface area (Å²) in [6, 6.07) is 9.53. The minimum absolute atomic E-state index is 0.219. The van der Waals surface area contributed by atoms with E-state index in [2.05, 4.69) is 16.2 Å². The van der Waals surface area contributed by atoms with Crippen LogP contribution in [0.25, 0.3) is 0 Å². The molecule has 0 fully saturated rings. The number of carbonyl (C=O) groups excluding carboxylic acids is 1. The van der Waals surface area contributed by atoms with Gasteiger partial charge in [0, 0.05) is 5.69 Å². The van der Waals surface area contributed by atoms with Crippen molar-refractivity contribution in [2.45, 2.75) is 0 Å². The van der Waals surface area contributed by atoms with Gasteiger partial charge in [0.15, 0.2) is 5.11 Å². The average Bonchev–Trinajstić information content (AvgIpc) is 2.20. The van der Waals surface area contributed by atoms with Gasteiger partial charge in [-0.25, -0.2) is 5.43 Å². The van der Waals surface area contributed by atoms with Gasteiger partial charge in [0.2, 0.25) is 0 Å². The summed E-state index contributed by atoms with van der Waals surface area (Å²) < 4.78 is 0. The number of anilines is 1. The van der Waals surface area contributed by atoms with E-state index in [9.17, 15) is 4.79 Å². The fourth-order valence-electron chi connectivity index (χ4n) is 0.857. The summed E-state index contributed by atoms with van der Waals surface area (Å²) in [5.41, 5.74) is 6.21. The first-order valence-electron chi connectivity index (χ1n) is 4.11. The Labute approximate surface area is 87.7 Å². The molecule has 0 aromatic heterocycles. The highest BCUT2D eigenvalue weighted by molar-refractivity contribution is 7.80. The highest BCUT2D eigenvalue weighted by Gasteiger charge is 1.94. The van der Waals surface area contributed by atoms with Crippen LogP contribution in [0, 0.1) is 0 Å². The number of rotatable bonds is 4. The molecule has 1 rings (SSSR count). The first kappa shape index (κ1) is 10.6. The third-order valence-electron chi connectivity index (χ3n) is 1.42. The van der Waals surface area contributed by atoms with E-state index >= 15 is 0 Å². The highest BCUT2D eigenvalue weighted by atomic mass is 32.1. The lowest BCUT2D eigenvalue weighted by Crippen LogP contribution is -2.40. The number of benzene rings is 1. The van der Waals surface area contributed by atoms with Crippen LogP contribution >= 0.6 is 12.2 Å². The van der Waals surface area contributed by atoms with Crippen LogP contribution in [0.5, 0.6) is 0 Å². The molecule has 0 bridgehead atoms. The van der Waals surface area contributed by atoms with Crippen molar-refractivity contribution < 1.29 is 4.79 Å². The number of aldehydes is 1. The number of nitrogens with one attached hydrogen (secondary N) is 3. The normalized spacial score (nSPS) is 9.14. The fourth-order valence-corrected chi connectivity index (χ4v) is 1.05. The molecule has 0 amide bonds. The lowest BCUT2D eigenvalue weighted by atomic mass is 10.3. The Morgan fingerprint density at radius 2 is 2.07 bits per heavy atom. The van der Waals surface area contributed by atoms with Crippen molar-refractivity contribution in [3.63, 3.8) is 0 Å². The number of hydrazine groups is 1. The number of hydrogen-bond donors (Lipinski definition) is 3. The molecule has 0 saturated carbocycles. The topological polar surface area (TPSA) is 53.2 Å². The predicted octanol–water partition coefficient (Wildman–Crippen LogP) is 0.676. The quantitative estimate of drug-likeness (QED) is 0.295. The highest BCUT2D eigenvalue weighted by Crippen LogP contribution is 2.03. The molecular formula is C9H11N3OS. The maximum Gasteiger partial charge on any atom is 0.185 e. The van der Waals surface area contributed by atoms with E-state index in [1.807, 2.05) is 30.3 Å². The molecule has 0 atom stereocenters. The molecule has 0 aliphatic carbocycles. The number of hydrogen-bond acceptors (Lipinski definition) is 3. The molecule has 0 spiro atoms. The second kappa shape index (κ2) is 6.06. The van der Waals surface area contributed by atoms with Crippen molar-refractivity contribution >= 4 is 29.3 Å². The molecule has 0 aliphatic rings. The average molecular weight is 209 g/mol. The van der Waals surface area contributed by atoms with Gasteiger partial charge in [-0.2, -0.15) is 0 Å². The molecule has 0 aliphatic heterocycles. The predicted molar refractivity (Wildman–Crippen MR) is 59.9 cm³/mol. The van der Waals surface area contributed by atoms with Crippen molar-refractivity contribution in [2.24, 2.45) is 0 Å². The van der Waals surface area contributed by atoms with Crippen LogP contribution < -0.4 is 16.2 Å². The van der Waals surface area contributed by atoms with E-state index in [0.29, 0.717) is 5.11 Å². The third-order valence-corrected chi connectivity index (χ3v) is 1.62. The Morgan fingerprint density at radius 3 is 2.71 bits per heavy atom. The van der Waals surface area contributed by atoms with Gasteiger partial charge in [0.25, 0.3) is 0 Å². The van der Waals surface area contributed by atoms with E-state index in [1.54, 1.807) is 0 Å². The summed E-state index contributed by atoms with van der Waals surface area (Å²) in [6.45, 7) is 0.219. The molecule has 0 heterocycles. The van der Waals surface area contributed by atoms with Gasteiger partial charge in [0.1, 0.15) is 6.29 Å². The maximum atomic E-state index is 9.98. The number of thiocarbonyl (C=S) groups is 1. The SMILES string of the molecule is O=CCNNC(=S)Nc1ccccc1. The zero-order chi connectivity index (χ0) is 10.2. The Hall–Kier alpha value is -1.46. The van der Waals surface area contributed by atoms with Crippen LogP contribution in [0.2, 0.25) is 0 Å². The first-order chi connectivity index (χ1) is 6.83. The first-order valence-corrected chi connectivity index (χ1v) is 4.52. The van der Waals surface area contributed by atoms with Gasteiger partial charge in [-0.1, -0.05) is 18.2 Å². The molecule has 0 saturated heterocycles. The third kappa shape index (κ3) is 3.97. The second-order valence-electron chi connectivity index (χ2n) is 2.49. The standard InChI is InChI=1S/C9H11N3OS/c13-7-6-10-12-9(14)11-8-4-2-1-3-5-8/h1-5,7,10H,6H2,(H2,11,12,14). The molecule has 14 heavy (non-hydrogen) atoms. The van der Waals surface area contributed by atoms with E-state index in [4.69, 9.17) is 12.2 Å². The minimum Gasteiger partial charge on any atom is -0.332 e. The summed E-state index contributed by atoms with van der Waals surface area (Å²) in [5.74, 6) is 0. The van der Waals surface area contributed by atoms with Crippen molar-refractivity contribution in [1.29, 1.82) is 0 Å². The number of para-hydroxylation sites is 1. The lowest BCUT2D eigenvalue weighted by molar-refractivity contribution is -0.107. The fraction of sp³-hybridized carbons (Fsp3) is 0.111. The Morgan fingerprint density at radius 1 is 1.36 bits per heavy atom. The summed E-state index contributed by atoms with van der Waals surface area (Å²) >= 11 is 4.95. The van der Waals surface area contributed by atoms with Gasteiger partial charge in [-0.3, -0.25) is 5.43 Å². The molecule has 3 N–H and O–H groups in total. The van der Waals surface area contributed by atoms with Gasteiger partial charge in [0.05, 0.1) is 6.54 Å². The molecular weight excluding hydrogens is 198 g/mol. The van der Waals surface area contributed by atoms with Gasteiger partial charge in [-0.05, 0) is 24.4 Å². The zero-order valence-corrected chi connectivity index (χ0v) is 8.30. The van der Waals surface area contributed by atoms with Crippen LogP contribution in [0.15, 0.2) is 30.3 Å². The van der Waals surface area contributed by atoms with Gasteiger partial charge in [-0.15, -0.1) is 0 Å². The molecule has 0 radical (unpaired) electrons. The van der Waals surface area contributed by atoms with Crippen LogP contribution in [-0.4, -0.2) is 17.9 Å². The van der Waals surface area contributed by atoms with E-state index < -0.39 is 0 Å². The summed E-state index contributed by atoms with van der Waals surface area (Å²) in [7, 11) is 0. The summed E-state index contributed by atoms with van der Waals surface area (Å²) in [5, 5.41) is 3.37. The monoisotopic (exact) mass is 209 g/mol. The molecule has 4 nitrogen and oxygen atoms in total. The van der Waals surface area contributed by atoms with Gasteiger partial charge < -0.3 is 10.1 Å². The Balaban J connectivity index is 2.31. The van der Waals surface area contributed by atoms with Crippen molar-refractivity contribution in [1.82, 2.24) is 10.9 Å². The minimum atomic E-state index is 0.219. The van der Waals surface area contributed by atoms with Crippen molar-refractivity contribution in [2.75, 3.05) is 11.9 Å². The second-order valence-corrected chi connectivity index (χ2v) is 2.90.